The lowest BCUT2D eigenvalue weighted by molar-refractivity contribution is 0.0931. The van der Waals surface area contributed by atoms with Gasteiger partial charge < -0.3 is 20.9 Å². The summed E-state index contributed by atoms with van der Waals surface area (Å²) < 4.78 is 0. The largest absolute Gasteiger partial charge is 0.383 e. The monoisotopic (exact) mass is 590 g/mol. The van der Waals surface area contributed by atoms with Crippen LogP contribution in [0.25, 0.3) is 11.4 Å². The molecular weight excluding hydrogens is 564 g/mol. The Morgan fingerprint density at radius 3 is 2.57 bits per heavy atom. The van der Waals surface area contributed by atoms with Gasteiger partial charge in [0.1, 0.15) is 29.1 Å². The highest BCUT2D eigenvalue weighted by Gasteiger charge is 2.30. The van der Waals surface area contributed by atoms with E-state index in [0.29, 0.717) is 30.3 Å². The second-order valence-electron chi connectivity index (χ2n) is 10.8. The van der Waals surface area contributed by atoms with Gasteiger partial charge >= 0.3 is 0 Å². The summed E-state index contributed by atoms with van der Waals surface area (Å²) >= 11 is 0. The van der Waals surface area contributed by atoms with Crippen LogP contribution in [0, 0.1) is 0 Å². The van der Waals surface area contributed by atoms with Crippen molar-refractivity contribution >= 4 is 23.2 Å². The van der Waals surface area contributed by atoms with E-state index in [1.54, 1.807) is 7.05 Å². The Hall–Kier alpha value is -5.79. The van der Waals surface area contributed by atoms with Gasteiger partial charge in [-0.2, -0.15) is 5.21 Å². The van der Waals surface area contributed by atoms with E-state index in [-0.39, 0.29) is 24.0 Å². The van der Waals surface area contributed by atoms with Crippen LogP contribution < -0.4 is 31.7 Å². The van der Waals surface area contributed by atoms with E-state index >= 15 is 0 Å². The normalized spacial score (nSPS) is 15.2. The van der Waals surface area contributed by atoms with Gasteiger partial charge in [0.15, 0.2) is 0 Å². The van der Waals surface area contributed by atoms with Gasteiger partial charge in [0.25, 0.3) is 22.7 Å². The topological polar surface area (TPSA) is 188 Å². The number of nitrogens with zero attached hydrogens (tertiary/aromatic N) is 6. The summed E-state index contributed by atoms with van der Waals surface area (Å²) in [6.07, 6.45) is 2.72. The van der Waals surface area contributed by atoms with Gasteiger partial charge in [-0.25, -0.2) is 9.97 Å². The first kappa shape index (κ1) is 27.1. The number of aryl methyl sites for hydroxylation is 1. The second-order valence-corrected chi connectivity index (χ2v) is 10.8. The molecule has 220 valence electrons. The molecule has 1 aliphatic carbocycles. The van der Waals surface area contributed by atoms with Gasteiger partial charge in [0.2, 0.25) is 5.82 Å². The quantitative estimate of drug-likeness (QED) is 0.190. The number of benzene rings is 2. The zero-order valence-corrected chi connectivity index (χ0v) is 23.5. The van der Waals surface area contributed by atoms with Gasteiger partial charge in [-0.05, 0) is 51.9 Å². The van der Waals surface area contributed by atoms with E-state index in [0.717, 1.165) is 46.2 Å². The molecule has 44 heavy (non-hydrogen) atoms. The maximum atomic E-state index is 13.1. The molecule has 7 rings (SSSR count). The molecule has 2 aromatic heterocycles. The summed E-state index contributed by atoms with van der Waals surface area (Å²) in [5, 5.41) is 22.8. The van der Waals surface area contributed by atoms with Crippen LogP contribution in [0.4, 0.5) is 11.4 Å². The van der Waals surface area contributed by atoms with Crippen molar-refractivity contribution in [2.45, 2.75) is 38.5 Å². The Morgan fingerprint density at radius 1 is 0.955 bits per heavy atom. The minimum absolute atomic E-state index is 0.0776. The number of tetrazole rings is 1. The van der Waals surface area contributed by atoms with Crippen LogP contribution in [-0.2, 0) is 26.1 Å². The Bertz CT molecular complexity index is 2000. The molecule has 14 heteroatoms. The van der Waals surface area contributed by atoms with Crippen LogP contribution in [0.5, 0.6) is 0 Å². The van der Waals surface area contributed by atoms with Crippen molar-refractivity contribution in [3.63, 3.8) is 0 Å². The van der Waals surface area contributed by atoms with Gasteiger partial charge in [-0.1, -0.05) is 30.3 Å². The molecule has 0 unspecified atom stereocenters. The highest BCUT2D eigenvalue weighted by Crippen LogP contribution is 2.34. The number of H-pyrrole nitrogens is 1. The molecule has 3 heterocycles. The number of hydrogen-bond acceptors (Lipinski definition) is 11. The van der Waals surface area contributed by atoms with Crippen LogP contribution in [0.2, 0.25) is 0 Å². The fourth-order valence-corrected chi connectivity index (χ4v) is 5.93. The van der Waals surface area contributed by atoms with E-state index in [1.807, 2.05) is 41.3 Å². The number of carbonyl (C=O) groups is 2. The molecule has 0 saturated carbocycles. The lowest BCUT2D eigenvalue weighted by Gasteiger charge is -2.21. The smallest absolute Gasteiger partial charge is 0.270 e. The number of rotatable bonds is 8. The summed E-state index contributed by atoms with van der Waals surface area (Å²) in [5.41, 5.74) is 5.87. The molecular formula is C30H26N10O4. The minimum Gasteiger partial charge on any atom is -0.383 e. The number of anilines is 2. The van der Waals surface area contributed by atoms with Crippen LogP contribution in [0.3, 0.4) is 0 Å². The Kier molecular flexibility index (Phi) is 6.64. The van der Waals surface area contributed by atoms with Gasteiger partial charge in [-0.3, -0.25) is 19.2 Å². The van der Waals surface area contributed by atoms with E-state index in [9.17, 15) is 19.2 Å². The summed E-state index contributed by atoms with van der Waals surface area (Å²) in [5.74, 6) is -0.324. The molecule has 0 fully saturated rings. The molecule has 4 N–H and O–H groups in total. The molecule has 14 nitrogen and oxygen atoms in total. The number of amides is 2. The van der Waals surface area contributed by atoms with Crippen molar-refractivity contribution in [3.05, 3.63) is 108 Å². The van der Waals surface area contributed by atoms with Gasteiger partial charge in [-0.15, -0.1) is 10.2 Å². The summed E-state index contributed by atoms with van der Waals surface area (Å²) in [7, 11) is 1.63. The molecule has 2 aliphatic rings. The fourth-order valence-electron chi connectivity index (χ4n) is 5.93. The van der Waals surface area contributed by atoms with Crippen molar-refractivity contribution in [1.82, 2.24) is 41.2 Å². The number of fused-ring (bicyclic) bond motifs is 2. The molecule has 5 aromatic rings. The number of carbonyl (C=O) groups excluding carboxylic acids is 2. The van der Waals surface area contributed by atoms with E-state index in [2.05, 4.69) is 46.5 Å². The Labute approximate surface area is 249 Å². The first-order valence-electron chi connectivity index (χ1n) is 14.0. The predicted molar refractivity (Wildman–Crippen MR) is 159 cm³/mol. The van der Waals surface area contributed by atoms with E-state index < -0.39 is 22.7 Å². The molecule has 3 aromatic carbocycles. The molecule has 1 aliphatic heterocycles. The minimum atomic E-state index is -0.493. The van der Waals surface area contributed by atoms with Crippen LogP contribution in [-0.4, -0.2) is 49.5 Å². The molecule has 2 amide bonds. The number of hydrogen-bond donors (Lipinski definition) is 4. The number of nitrogens with one attached hydrogen (secondary N) is 4. The van der Waals surface area contributed by atoms with E-state index in [1.165, 1.54) is 12.4 Å². The van der Waals surface area contributed by atoms with Crippen LogP contribution in [0.15, 0.2) is 58.4 Å². The lowest BCUT2D eigenvalue weighted by atomic mass is 10.0. The molecule has 0 bridgehead atoms. The second kappa shape index (κ2) is 10.8. The first-order chi connectivity index (χ1) is 21.4. The van der Waals surface area contributed by atoms with Crippen LogP contribution >= 0.6 is 0 Å². The predicted octanol–water partition coefficient (Wildman–Crippen LogP) is 1.16. The highest BCUT2D eigenvalue weighted by molar-refractivity contribution is 5.97. The molecule has 0 radical (unpaired) electrons. The average molecular weight is 591 g/mol. The maximum Gasteiger partial charge on any atom is 0.270 e. The van der Waals surface area contributed by atoms with Gasteiger partial charge in [0.05, 0.1) is 6.04 Å². The SMILES string of the molecule is CNc1c(N2Cc3ccc(CNC(=O)c4cc(C(=O)N[C@H]5CCc6cc(-c7nn[nH]n7)ccc65)ncn4)cc3C2)c(=O)c1=O. The highest BCUT2D eigenvalue weighted by atomic mass is 16.2. The van der Waals surface area contributed by atoms with Crippen molar-refractivity contribution in [2.75, 3.05) is 17.3 Å². The number of aromatic amines is 1. The zero-order valence-electron chi connectivity index (χ0n) is 23.5. The lowest BCUT2D eigenvalue weighted by Crippen LogP contribution is -2.40. The van der Waals surface area contributed by atoms with E-state index in [4.69, 9.17) is 0 Å². The summed E-state index contributed by atoms with van der Waals surface area (Å²) in [4.78, 5) is 60.0. The Balaban J connectivity index is 0.975. The first-order valence-corrected chi connectivity index (χ1v) is 14.0. The Morgan fingerprint density at radius 2 is 1.77 bits per heavy atom. The third kappa shape index (κ3) is 4.75. The molecule has 0 saturated heterocycles. The van der Waals surface area contributed by atoms with Crippen molar-refractivity contribution in [1.29, 1.82) is 0 Å². The standard InChI is InChI=1S/C30H26N10O4/c1-31-24-25(27(42)26(24)41)40-12-18-3-2-15(8-19(18)13-40)11-32-29(43)22-10-23(34-14-33-22)30(44)35-21-7-5-16-9-17(4-6-20(16)21)28-36-38-39-37-28/h2-4,6,8-10,14,21,31H,5,7,11-13H2,1H3,(H,32,43)(H,35,44)(H,36,37,38,39)/t21-/m0/s1. The van der Waals surface area contributed by atoms with Crippen molar-refractivity contribution < 1.29 is 9.59 Å². The molecule has 0 spiro atoms. The summed E-state index contributed by atoms with van der Waals surface area (Å²) in [6, 6.07) is 12.9. The van der Waals surface area contributed by atoms with Crippen molar-refractivity contribution in [3.8, 4) is 11.4 Å². The molecule has 1 atom stereocenters. The number of aromatic nitrogens is 6. The third-order valence-electron chi connectivity index (χ3n) is 8.16. The zero-order chi connectivity index (χ0) is 30.4. The summed E-state index contributed by atoms with van der Waals surface area (Å²) in [6.45, 7) is 1.26. The average Bonchev–Trinajstić information content (AvgIpc) is 3.82. The van der Waals surface area contributed by atoms with Gasteiger partial charge in [0, 0.05) is 38.3 Å². The van der Waals surface area contributed by atoms with Crippen molar-refractivity contribution in [2.24, 2.45) is 0 Å². The third-order valence-corrected chi connectivity index (χ3v) is 8.16. The maximum absolute atomic E-state index is 13.1. The van der Waals surface area contributed by atoms with Crippen LogP contribution in [0.1, 0.15) is 61.3 Å². The fraction of sp³-hybridized carbons (Fsp3) is 0.233.